The Balaban J connectivity index is 1.85. The number of methoxy groups -OCH3 is 1. The predicted molar refractivity (Wildman–Crippen MR) is 86.4 cm³/mol. The van der Waals surface area contributed by atoms with E-state index in [4.69, 9.17) is 4.74 Å². The summed E-state index contributed by atoms with van der Waals surface area (Å²) in [6.07, 6.45) is 8.23. The van der Waals surface area contributed by atoms with Crippen LogP contribution in [0.15, 0.2) is 66.2 Å². The topological polar surface area (TPSA) is 69.4 Å². The maximum Gasteiger partial charge on any atom is 0.340 e. The van der Waals surface area contributed by atoms with Crippen LogP contribution in [0, 0.1) is 0 Å². The van der Waals surface area contributed by atoms with Crippen LogP contribution in [-0.4, -0.2) is 34.1 Å². The molecule has 2 aromatic heterocycles. The molecular formula is C17H14N4O2. The second-order valence-electron chi connectivity index (χ2n) is 4.70. The van der Waals surface area contributed by atoms with Gasteiger partial charge in [-0.1, -0.05) is 18.2 Å². The quantitative estimate of drug-likeness (QED) is 0.549. The number of rotatable bonds is 4. The Hall–Kier alpha value is -3.28. The average molecular weight is 306 g/mol. The maximum absolute atomic E-state index is 11.7. The molecule has 0 spiro atoms. The van der Waals surface area contributed by atoms with E-state index in [1.807, 2.05) is 36.5 Å². The Bertz CT molecular complexity index is 841. The molecular weight excluding hydrogens is 292 g/mol. The van der Waals surface area contributed by atoms with Crippen molar-refractivity contribution < 1.29 is 9.53 Å². The van der Waals surface area contributed by atoms with Gasteiger partial charge >= 0.3 is 5.97 Å². The highest BCUT2D eigenvalue weighted by molar-refractivity contribution is 5.95. The first kappa shape index (κ1) is 14.6. The molecule has 3 aromatic rings. The van der Waals surface area contributed by atoms with Crippen LogP contribution in [0.4, 0.5) is 5.69 Å². The summed E-state index contributed by atoms with van der Waals surface area (Å²) in [5, 5.41) is 4.29. The Morgan fingerprint density at radius 2 is 2.04 bits per heavy atom. The van der Waals surface area contributed by atoms with E-state index < -0.39 is 5.97 Å². The van der Waals surface area contributed by atoms with E-state index >= 15 is 0 Å². The van der Waals surface area contributed by atoms with Crippen molar-refractivity contribution in [2.24, 2.45) is 4.99 Å². The SMILES string of the molecule is COC(=O)c1ccncc1/N=C/c1cnn(-c2ccccc2)c1. The average Bonchev–Trinajstić information content (AvgIpc) is 3.09. The van der Waals surface area contributed by atoms with E-state index in [0.717, 1.165) is 11.3 Å². The molecule has 114 valence electrons. The lowest BCUT2D eigenvalue weighted by Gasteiger charge is -2.01. The van der Waals surface area contributed by atoms with Crippen LogP contribution in [0.25, 0.3) is 5.69 Å². The molecule has 0 aliphatic rings. The van der Waals surface area contributed by atoms with Gasteiger partial charge in [0.25, 0.3) is 0 Å². The van der Waals surface area contributed by atoms with E-state index in [9.17, 15) is 4.79 Å². The molecule has 0 saturated carbocycles. The zero-order valence-corrected chi connectivity index (χ0v) is 12.5. The summed E-state index contributed by atoms with van der Waals surface area (Å²) in [4.78, 5) is 20.0. The number of aliphatic imine (C=N–C) groups is 1. The van der Waals surface area contributed by atoms with E-state index in [2.05, 4.69) is 15.1 Å². The minimum absolute atomic E-state index is 0.370. The normalized spacial score (nSPS) is 10.8. The molecule has 2 heterocycles. The first-order valence-corrected chi connectivity index (χ1v) is 6.94. The van der Waals surface area contributed by atoms with Crippen molar-refractivity contribution in [1.29, 1.82) is 0 Å². The maximum atomic E-state index is 11.7. The predicted octanol–water partition coefficient (Wildman–Crippen LogP) is 2.80. The van der Waals surface area contributed by atoms with Gasteiger partial charge in [-0.2, -0.15) is 5.10 Å². The summed E-state index contributed by atoms with van der Waals surface area (Å²) in [6, 6.07) is 11.3. The van der Waals surface area contributed by atoms with Gasteiger partial charge in [0, 0.05) is 24.2 Å². The molecule has 6 nitrogen and oxygen atoms in total. The molecule has 23 heavy (non-hydrogen) atoms. The summed E-state index contributed by atoms with van der Waals surface area (Å²) in [5.41, 5.74) is 2.60. The molecule has 0 radical (unpaired) electrons. The third-order valence-corrected chi connectivity index (χ3v) is 3.18. The minimum Gasteiger partial charge on any atom is -0.465 e. The Morgan fingerprint density at radius 1 is 1.22 bits per heavy atom. The zero-order valence-electron chi connectivity index (χ0n) is 12.5. The van der Waals surface area contributed by atoms with Crippen molar-refractivity contribution in [3.8, 4) is 5.69 Å². The molecule has 0 amide bonds. The molecule has 0 unspecified atom stereocenters. The van der Waals surface area contributed by atoms with Crippen LogP contribution in [0.1, 0.15) is 15.9 Å². The number of carbonyl (C=O) groups excluding carboxylic acids is 1. The van der Waals surface area contributed by atoms with Crippen LogP contribution < -0.4 is 0 Å². The number of hydrogen-bond acceptors (Lipinski definition) is 5. The van der Waals surface area contributed by atoms with E-state index in [1.54, 1.807) is 23.2 Å². The number of carbonyl (C=O) groups is 1. The standard InChI is InChI=1S/C17H14N4O2/c1-23-17(22)15-7-8-18-11-16(15)19-9-13-10-20-21(12-13)14-5-3-2-4-6-14/h2-12H,1H3/b19-9+. The molecule has 3 rings (SSSR count). The number of benzene rings is 1. The number of ether oxygens (including phenoxy) is 1. The third-order valence-electron chi connectivity index (χ3n) is 3.18. The smallest absolute Gasteiger partial charge is 0.340 e. The van der Waals surface area contributed by atoms with Crippen LogP contribution in [0.2, 0.25) is 0 Å². The number of esters is 1. The Morgan fingerprint density at radius 3 is 2.83 bits per heavy atom. The second kappa shape index (κ2) is 6.65. The van der Waals surface area contributed by atoms with Gasteiger partial charge in [0.15, 0.2) is 0 Å². The van der Waals surface area contributed by atoms with Crippen LogP contribution >= 0.6 is 0 Å². The van der Waals surface area contributed by atoms with Gasteiger partial charge < -0.3 is 4.74 Å². The largest absolute Gasteiger partial charge is 0.465 e. The fourth-order valence-corrected chi connectivity index (χ4v) is 2.04. The first-order chi connectivity index (χ1) is 11.3. The van der Waals surface area contributed by atoms with Crippen LogP contribution in [0.5, 0.6) is 0 Å². The van der Waals surface area contributed by atoms with Crippen molar-refractivity contribution in [2.75, 3.05) is 7.11 Å². The van der Waals surface area contributed by atoms with Crippen LogP contribution in [0.3, 0.4) is 0 Å². The van der Waals surface area contributed by atoms with Crippen LogP contribution in [-0.2, 0) is 4.74 Å². The molecule has 0 atom stereocenters. The van der Waals surface area contributed by atoms with E-state index in [1.165, 1.54) is 19.5 Å². The lowest BCUT2D eigenvalue weighted by atomic mass is 10.2. The number of hydrogen-bond donors (Lipinski definition) is 0. The summed E-state index contributed by atoms with van der Waals surface area (Å²) < 4.78 is 6.49. The molecule has 0 fully saturated rings. The van der Waals surface area contributed by atoms with E-state index in [0.29, 0.717) is 11.3 Å². The molecule has 0 bridgehead atoms. The Kier molecular flexibility index (Phi) is 4.24. The van der Waals surface area contributed by atoms with Gasteiger partial charge in [-0.15, -0.1) is 0 Å². The van der Waals surface area contributed by atoms with Crippen molar-refractivity contribution in [3.05, 3.63) is 72.3 Å². The zero-order chi connectivity index (χ0) is 16.1. The van der Waals surface area contributed by atoms with Gasteiger partial charge in [0.05, 0.1) is 36.4 Å². The van der Waals surface area contributed by atoms with Crippen molar-refractivity contribution in [2.45, 2.75) is 0 Å². The van der Waals surface area contributed by atoms with Gasteiger partial charge in [-0.25, -0.2) is 9.48 Å². The molecule has 0 aliphatic heterocycles. The number of para-hydroxylation sites is 1. The fourth-order valence-electron chi connectivity index (χ4n) is 2.04. The lowest BCUT2D eigenvalue weighted by Crippen LogP contribution is -2.01. The van der Waals surface area contributed by atoms with Crippen molar-refractivity contribution in [1.82, 2.24) is 14.8 Å². The van der Waals surface area contributed by atoms with E-state index in [-0.39, 0.29) is 0 Å². The first-order valence-electron chi connectivity index (χ1n) is 6.94. The molecule has 0 N–H and O–H groups in total. The summed E-state index contributed by atoms with van der Waals surface area (Å²) in [6.45, 7) is 0. The van der Waals surface area contributed by atoms with Gasteiger partial charge in [-0.05, 0) is 18.2 Å². The number of pyridine rings is 1. The highest BCUT2D eigenvalue weighted by atomic mass is 16.5. The summed E-state index contributed by atoms with van der Waals surface area (Å²) >= 11 is 0. The van der Waals surface area contributed by atoms with Gasteiger partial charge in [-0.3, -0.25) is 9.98 Å². The number of aromatic nitrogens is 3. The minimum atomic E-state index is -0.445. The van der Waals surface area contributed by atoms with Crippen molar-refractivity contribution >= 4 is 17.9 Å². The summed E-state index contributed by atoms with van der Waals surface area (Å²) in [5.74, 6) is -0.445. The monoisotopic (exact) mass is 306 g/mol. The van der Waals surface area contributed by atoms with Crippen molar-refractivity contribution in [3.63, 3.8) is 0 Å². The second-order valence-corrected chi connectivity index (χ2v) is 4.70. The molecule has 6 heteroatoms. The lowest BCUT2D eigenvalue weighted by molar-refractivity contribution is 0.0601. The molecule has 0 saturated heterocycles. The number of nitrogens with zero attached hydrogens (tertiary/aromatic N) is 4. The third kappa shape index (κ3) is 3.32. The molecule has 1 aromatic carbocycles. The Labute approximate surface area is 133 Å². The highest BCUT2D eigenvalue weighted by Crippen LogP contribution is 2.18. The highest BCUT2D eigenvalue weighted by Gasteiger charge is 2.10. The summed E-state index contributed by atoms with van der Waals surface area (Å²) in [7, 11) is 1.33. The fraction of sp³-hybridized carbons (Fsp3) is 0.0588. The molecule has 0 aliphatic carbocycles. The van der Waals surface area contributed by atoms with Gasteiger partial charge in [0.1, 0.15) is 0 Å². The van der Waals surface area contributed by atoms with Gasteiger partial charge in [0.2, 0.25) is 0 Å².